The molecule has 0 saturated heterocycles. The molecule has 3 rings (SSSR count). The molecule has 0 saturated carbocycles. The van der Waals surface area contributed by atoms with E-state index >= 15 is 0 Å². The molecule has 3 nitrogen and oxygen atoms in total. The maximum absolute atomic E-state index is 10.5. The van der Waals surface area contributed by atoms with Crippen LogP contribution in [0.3, 0.4) is 0 Å². The summed E-state index contributed by atoms with van der Waals surface area (Å²) in [7, 11) is 0. The molecule has 1 N–H and O–H groups in total. The van der Waals surface area contributed by atoms with Crippen LogP contribution in [0, 0.1) is 0 Å². The van der Waals surface area contributed by atoms with Gasteiger partial charge in [0.1, 0.15) is 6.10 Å². The van der Waals surface area contributed by atoms with Crippen molar-refractivity contribution >= 4 is 26.7 Å². The lowest BCUT2D eigenvalue weighted by Gasteiger charge is -2.13. The number of aliphatic hydroxyl groups excluding tert-OH is 1. The van der Waals surface area contributed by atoms with Gasteiger partial charge in [-0.15, -0.1) is 0 Å². The van der Waals surface area contributed by atoms with Crippen LogP contribution in [-0.2, 0) is 0 Å². The lowest BCUT2D eigenvalue weighted by molar-refractivity contribution is 0.217. The molecule has 0 aliphatic rings. The highest BCUT2D eigenvalue weighted by Crippen LogP contribution is 2.27. The number of nitrogens with zero attached hydrogens (tertiary/aromatic N) is 2. The number of rotatable bonds is 2. The van der Waals surface area contributed by atoms with Gasteiger partial charge in [-0.1, -0.05) is 18.2 Å². The molecule has 0 fully saturated rings. The lowest BCUT2D eigenvalue weighted by atomic mass is 10.00. The zero-order chi connectivity index (χ0) is 13.2. The van der Waals surface area contributed by atoms with Crippen molar-refractivity contribution in [2.24, 2.45) is 0 Å². The third kappa shape index (κ3) is 2.37. The van der Waals surface area contributed by atoms with Crippen LogP contribution in [0.2, 0.25) is 0 Å². The first-order valence-electron chi connectivity index (χ1n) is 5.88. The quantitative estimate of drug-likeness (QED) is 0.787. The molecule has 1 atom stereocenters. The monoisotopic (exact) mass is 314 g/mol. The Morgan fingerprint density at radius 1 is 1.05 bits per heavy atom. The van der Waals surface area contributed by atoms with Crippen LogP contribution in [0.25, 0.3) is 10.8 Å². The summed E-state index contributed by atoms with van der Waals surface area (Å²) in [5, 5.41) is 12.5. The minimum absolute atomic E-state index is 0.625. The SMILES string of the molecule is OC(c1ccc(Br)cn1)c1cccc2ccncc12. The van der Waals surface area contributed by atoms with Crippen LogP contribution in [0.5, 0.6) is 0 Å². The normalized spacial score (nSPS) is 12.5. The smallest absolute Gasteiger partial charge is 0.122 e. The Balaban J connectivity index is 2.11. The van der Waals surface area contributed by atoms with Crippen molar-refractivity contribution in [2.75, 3.05) is 0 Å². The van der Waals surface area contributed by atoms with Crippen molar-refractivity contribution in [1.29, 1.82) is 0 Å². The van der Waals surface area contributed by atoms with Crippen LogP contribution >= 0.6 is 15.9 Å². The topological polar surface area (TPSA) is 46.0 Å². The van der Waals surface area contributed by atoms with Crippen LogP contribution in [0.1, 0.15) is 17.4 Å². The van der Waals surface area contributed by atoms with Gasteiger partial charge < -0.3 is 5.11 Å². The highest BCUT2D eigenvalue weighted by Gasteiger charge is 2.14. The first-order chi connectivity index (χ1) is 9.25. The fourth-order valence-corrected chi connectivity index (χ4v) is 2.32. The minimum atomic E-state index is -0.749. The van der Waals surface area contributed by atoms with Gasteiger partial charge in [0.15, 0.2) is 0 Å². The Morgan fingerprint density at radius 3 is 2.74 bits per heavy atom. The van der Waals surface area contributed by atoms with E-state index < -0.39 is 6.10 Å². The predicted octanol–water partition coefficient (Wildman–Crippen LogP) is 3.47. The summed E-state index contributed by atoms with van der Waals surface area (Å²) >= 11 is 3.34. The average molecular weight is 315 g/mol. The molecule has 4 heteroatoms. The number of pyridine rings is 2. The van der Waals surface area contributed by atoms with E-state index in [2.05, 4.69) is 25.9 Å². The molecular formula is C15H11BrN2O. The van der Waals surface area contributed by atoms with Crippen molar-refractivity contribution < 1.29 is 5.11 Å². The third-order valence-corrected chi connectivity index (χ3v) is 3.51. The number of halogens is 1. The van der Waals surface area contributed by atoms with E-state index in [9.17, 15) is 5.11 Å². The summed E-state index contributed by atoms with van der Waals surface area (Å²) in [4.78, 5) is 8.37. The predicted molar refractivity (Wildman–Crippen MR) is 77.7 cm³/mol. The van der Waals surface area contributed by atoms with Gasteiger partial charge in [0.25, 0.3) is 0 Å². The molecule has 0 radical (unpaired) electrons. The van der Waals surface area contributed by atoms with Crippen molar-refractivity contribution in [1.82, 2.24) is 9.97 Å². The number of aliphatic hydroxyl groups is 1. The second-order valence-corrected chi connectivity index (χ2v) is 5.16. The summed E-state index contributed by atoms with van der Waals surface area (Å²) in [6, 6.07) is 11.4. The number of hydrogen-bond donors (Lipinski definition) is 1. The number of aromatic nitrogens is 2. The van der Waals surface area contributed by atoms with E-state index in [1.54, 1.807) is 18.6 Å². The van der Waals surface area contributed by atoms with E-state index in [1.807, 2.05) is 36.4 Å². The molecule has 0 amide bonds. The minimum Gasteiger partial charge on any atom is -0.382 e. The highest BCUT2D eigenvalue weighted by atomic mass is 79.9. The molecular weight excluding hydrogens is 304 g/mol. The molecule has 0 aliphatic heterocycles. The standard InChI is InChI=1S/C15H11BrN2O/c16-11-4-5-14(18-8-11)15(19)12-3-1-2-10-6-7-17-9-13(10)12/h1-9,15,19H. The Kier molecular flexibility index (Phi) is 3.27. The second-order valence-electron chi connectivity index (χ2n) is 4.25. The Hall–Kier alpha value is -1.78. The van der Waals surface area contributed by atoms with Crippen molar-refractivity contribution in [3.63, 3.8) is 0 Å². The Morgan fingerprint density at radius 2 is 1.95 bits per heavy atom. The first-order valence-corrected chi connectivity index (χ1v) is 6.67. The molecule has 2 heterocycles. The number of fused-ring (bicyclic) bond motifs is 1. The molecule has 0 aliphatic carbocycles. The fraction of sp³-hybridized carbons (Fsp3) is 0.0667. The van der Waals surface area contributed by atoms with Crippen molar-refractivity contribution in [3.8, 4) is 0 Å². The van der Waals surface area contributed by atoms with Crippen LogP contribution < -0.4 is 0 Å². The molecule has 94 valence electrons. The maximum Gasteiger partial charge on any atom is 0.122 e. The van der Waals surface area contributed by atoms with Crippen LogP contribution in [-0.4, -0.2) is 15.1 Å². The molecule has 1 unspecified atom stereocenters. The Labute approximate surface area is 119 Å². The van der Waals surface area contributed by atoms with Crippen molar-refractivity contribution in [3.05, 3.63) is 70.7 Å². The van der Waals surface area contributed by atoms with Crippen LogP contribution in [0.15, 0.2) is 59.5 Å². The molecule has 2 aromatic heterocycles. The lowest BCUT2D eigenvalue weighted by Crippen LogP contribution is -2.02. The maximum atomic E-state index is 10.5. The summed E-state index contributed by atoms with van der Waals surface area (Å²) in [6.45, 7) is 0. The zero-order valence-corrected chi connectivity index (χ0v) is 11.6. The van der Waals surface area contributed by atoms with Gasteiger partial charge in [0, 0.05) is 28.4 Å². The van der Waals surface area contributed by atoms with E-state index in [0.717, 1.165) is 20.8 Å². The number of benzene rings is 1. The molecule has 0 spiro atoms. The van der Waals surface area contributed by atoms with Gasteiger partial charge in [0.05, 0.1) is 5.69 Å². The summed E-state index contributed by atoms with van der Waals surface area (Å²) in [5.41, 5.74) is 1.44. The Bertz CT molecular complexity index is 707. The summed E-state index contributed by atoms with van der Waals surface area (Å²) in [6.07, 6.45) is 4.45. The van der Waals surface area contributed by atoms with Gasteiger partial charge in [-0.05, 0) is 45.1 Å². The van der Waals surface area contributed by atoms with Gasteiger partial charge >= 0.3 is 0 Å². The first kappa shape index (κ1) is 12.3. The van der Waals surface area contributed by atoms with Gasteiger partial charge in [-0.2, -0.15) is 0 Å². The average Bonchev–Trinajstić information content (AvgIpc) is 2.47. The second kappa shape index (κ2) is 5.07. The van der Waals surface area contributed by atoms with Gasteiger partial charge in [-0.25, -0.2) is 0 Å². The highest BCUT2D eigenvalue weighted by molar-refractivity contribution is 9.10. The largest absolute Gasteiger partial charge is 0.382 e. The summed E-state index contributed by atoms with van der Waals surface area (Å²) < 4.78 is 0.892. The molecule has 1 aromatic carbocycles. The van der Waals surface area contributed by atoms with E-state index in [4.69, 9.17) is 0 Å². The summed E-state index contributed by atoms with van der Waals surface area (Å²) in [5.74, 6) is 0. The van der Waals surface area contributed by atoms with Crippen molar-refractivity contribution in [2.45, 2.75) is 6.10 Å². The van der Waals surface area contributed by atoms with Gasteiger partial charge in [-0.3, -0.25) is 9.97 Å². The molecule has 3 aromatic rings. The number of hydrogen-bond acceptors (Lipinski definition) is 3. The fourth-order valence-electron chi connectivity index (χ4n) is 2.08. The zero-order valence-electron chi connectivity index (χ0n) is 9.99. The van der Waals surface area contributed by atoms with Crippen LogP contribution in [0.4, 0.5) is 0 Å². The molecule has 19 heavy (non-hydrogen) atoms. The van der Waals surface area contributed by atoms with Gasteiger partial charge in [0.2, 0.25) is 0 Å². The van der Waals surface area contributed by atoms with E-state index in [-0.39, 0.29) is 0 Å². The van der Waals surface area contributed by atoms with E-state index in [0.29, 0.717) is 5.69 Å². The third-order valence-electron chi connectivity index (χ3n) is 3.04. The molecule has 0 bridgehead atoms. The van der Waals surface area contributed by atoms with E-state index in [1.165, 1.54) is 0 Å².